The van der Waals surface area contributed by atoms with Crippen molar-refractivity contribution < 1.29 is 9.53 Å². The van der Waals surface area contributed by atoms with Gasteiger partial charge in [-0.25, -0.2) is 0 Å². The van der Waals surface area contributed by atoms with Gasteiger partial charge in [0.05, 0.1) is 0 Å². The van der Waals surface area contributed by atoms with Gasteiger partial charge in [0.25, 0.3) is 0 Å². The molecule has 0 aromatic heterocycles. The van der Waals surface area contributed by atoms with Gasteiger partial charge in [-0.05, 0) is 18.0 Å². The van der Waals surface area contributed by atoms with Crippen LogP contribution in [0.25, 0.3) is 0 Å². The van der Waals surface area contributed by atoms with Crippen molar-refractivity contribution in [1.29, 1.82) is 0 Å². The van der Waals surface area contributed by atoms with Gasteiger partial charge >= 0.3 is 0 Å². The van der Waals surface area contributed by atoms with Gasteiger partial charge in [0, 0.05) is 6.61 Å². The molecule has 0 fully saturated rings. The minimum atomic E-state index is -0.404. The molecule has 0 aliphatic rings. The largest absolute Gasteiger partial charge is 0.372 e. The average Bonchev–Trinajstić information content (AvgIpc) is 2.39. The number of hydrogen-bond acceptors (Lipinski definition) is 2. The van der Waals surface area contributed by atoms with Crippen LogP contribution < -0.4 is 0 Å². The maximum atomic E-state index is 10.4. The number of ether oxygens (including phenoxy) is 1. The van der Waals surface area contributed by atoms with E-state index in [0.29, 0.717) is 6.61 Å². The quantitative estimate of drug-likeness (QED) is 0.295. The van der Waals surface area contributed by atoms with Crippen LogP contribution in [0.5, 0.6) is 0 Å². The molecule has 0 bridgehead atoms. The fraction of sp³-hybridized carbons (Fsp3) is 0.938. The van der Waals surface area contributed by atoms with Crippen molar-refractivity contribution in [1.82, 2.24) is 0 Å². The Labute approximate surface area is 124 Å². The van der Waals surface area contributed by atoms with E-state index in [0.717, 1.165) is 6.42 Å². The van der Waals surface area contributed by atoms with Gasteiger partial charge in [0.2, 0.25) is 5.24 Å². The lowest BCUT2D eigenvalue weighted by Gasteiger charge is -2.03. The van der Waals surface area contributed by atoms with E-state index in [1.807, 2.05) is 0 Å². The maximum absolute atomic E-state index is 10.4. The van der Waals surface area contributed by atoms with Crippen molar-refractivity contribution in [3.05, 3.63) is 0 Å². The first-order chi connectivity index (χ1) is 9.27. The Balaban J connectivity index is 2.93. The Hall–Kier alpha value is -0.0800. The summed E-state index contributed by atoms with van der Waals surface area (Å²) in [6.45, 7) is 2.98. The molecule has 0 unspecified atom stereocenters. The Kier molecular flexibility index (Phi) is 15.9. The van der Waals surface area contributed by atoms with Crippen LogP contribution in [0.4, 0.5) is 0 Å². The Bertz CT molecular complexity index is 195. The predicted octanol–water partition coefficient (Wildman–Crippen LogP) is 5.47. The normalized spacial score (nSPS) is 10.8. The number of hydrogen-bond donors (Lipinski definition) is 0. The van der Waals surface area contributed by atoms with Gasteiger partial charge in [-0.3, -0.25) is 4.79 Å². The SMILES string of the molecule is CCCCCCCCCCCCCCOCC(=O)Cl. The Morgan fingerprint density at radius 1 is 0.789 bits per heavy atom. The van der Waals surface area contributed by atoms with E-state index in [9.17, 15) is 4.79 Å². The van der Waals surface area contributed by atoms with Gasteiger partial charge in [0.1, 0.15) is 6.61 Å². The zero-order chi connectivity index (χ0) is 14.2. The van der Waals surface area contributed by atoms with E-state index in [4.69, 9.17) is 16.3 Å². The summed E-state index contributed by atoms with van der Waals surface area (Å²) >= 11 is 5.16. The number of rotatable bonds is 15. The van der Waals surface area contributed by atoms with Crippen LogP contribution in [-0.2, 0) is 9.53 Å². The van der Waals surface area contributed by atoms with Gasteiger partial charge in [0.15, 0.2) is 0 Å². The number of halogens is 1. The lowest BCUT2D eigenvalue weighted by atomic mass is 10.1. The fourth-order valence-electron chi connectivity index (χ4n) is 2.20. The van der Waals surface area contributed by atoms with Gasteiger partial charge in [-0.2, -0.15) is 0 Å². The number of carbonyl (C=O) groups is 1. The molecule has 0 rings (SSSR count). The highest BCUT2D eigenvalue weighted by atomic mass is 35.5. The summed E-state index contributed by atoms with van der Waals surface area (Å²) in [5.74, 6) is 0. The van der Waals surface area contributed by atoms with E-state index in [-0.39, 0.29) is 6.61 Å². The van der Waals surface area contributed by atoms with Crippen LogP contribution in [0.2, 0.25) is 0 Å². The average molecular weight is 291 g/mol. The first kappa shape index (κ1) is 18.9. The van der Waals surface area contributed by atoms with E-state index >= 15 is 0 Å². The third-order valence-electron chi connectivity index (χ3n) is 3.36. The molecule has 19 heavy (non-hydrogen) atoms. The summed E-state index contributed by atoms with van der Waals surface area (Å²) in [4.78, 5) is 10.4. The second-order valence-electron chi connectivity index (χ2n) is 5.30. The molecule has 0 heterocycles. The molecular formula is C16H31ClO2. The lowest BCUT2D eigenvalue weighted by molar-refractivity contribution is -0.115. The van der Waals surface area contributed by atoms with Gasteiger partial charge in [-0.1, -0.05) is 77.6 Å². The first-order valence-electron chi connectivity index (χ1n) is 8.03. The van der Waals surface area contributed by atoms with Crippen molar-refractivity contribution in [2.24, 2.45) is 0 Å². The predicted molar refractivity (Wildman–Crippen MR) is 82.8 cm³/mol. The highest BCUT2D eigenvalue weighted by Gasteiger charge is 1.96. The van der Waals surface area contributed by atoms with Crippen LogP contribution in [0.3, 0.4) is 0 Å². The van der Waals surface area contributed by atoms with Crippen LogP contribution in [0.1, 0.15) is 84.0 Å². The minimum Gasteiger partial charge on any atom is -0.372 e. The third kappa shape index (κ3) is 17.9. The molecule has 0 N–H and O–H groups in total. The fourth-order valence-corrected chi connectivity index (χ4v) is 2.27. The molecule has 0 saturated heterocycles. The van der Waals surface area contributed by atoms with Crippen LogP contribution >= 0.6 is 11.6 Å². The van der Waals surface area contributed by atoms with Crippen LogP contribution in [0, 0.1) is 0 Å². The van der Waals surface area contributed by atoms with Crippen LogP contribution in [-0.4, -0.2) is 18.5 Å². The summed E-state index contributed by atoms with van der Waals surface area (Å²) in [6.07, 6.45) is 16.0. The number of carbonyl (C=O) groups excluding carboxylic acids is 1. The molecule has 0 atom stereocenters. The molecule has 0 saturated carbocycles. The van der Waals surface area contributed by atoms with Crippen LogP contribution in [0.15, 0.2) is 0 Å². The molecule has 0 aromatic carbocycles. The van der Waals surface area contributed by atoms with Crippen molar-refractivity contribution in [3.8, 4) is 0 Å². The minimum absolute atomic E-state index is 0.0551. The highest BCUT2D eigenvalue weighted by Crippen LogP contribution is 2.11. The second kappa shape index (κ2) is 16.0. The highest BCUT2D eigenvalue weighted by molar-refractivity contribution is 6.63. The number of unbranched alkanes of at least 4 members (excludes halogenated alkanes) is 11. The summed E-state index contributed by atoms with van der Waals surface area (Å²) in [7, 11) is 0. The molecule has 2 nitrogen and oxygen atoms in total. The third-order valence-corrected chi connectivity index (χ3v) is 3.47. The van der Waals surface area contributed by atoms with Crippen molar-refractivity contribution in [2.45, 2.75) is 84.0 Å². The molecule has 0 radical (unpaired) electrons. The summed E-state index contributed by atoms with van der Waals surface area (Å²) in [5.41, 5.74) is 0. The van der Waals surface area contributed by atoms with Crippen molar-refractivity contribution >= 4 is 16.8 Å². The van der Waals surface area contributed by atoms with E-state index < -0.39 is 5.24 Å². The van der Waals surface area contributed by atoms with E-state index in [2.05, 4.69) is 6.92 Å². The Morgan fingerprint density at radius 2 is 1.21 bits per heavy atom. The lowest BCUT2D eigenvalue weighted by Crippen LogP contribution is -2.02. The Morgan fingerprint density at radius 3 is 1.63 bits per heavy atom. The molecule has 0 aliphatic carbocycles. The molecule has 0 aliphatic heterocycles. The standard InChI is InChI=1S/C16H31ClO2/c1-2-3-4-5-6-7-8-9-10-11-12-13-14-19-15-16(17)18/h2-15H2,1H3. The molecule has 0 aromatic rings. The maximum Gasteiger partial charge on any atom is 0.247 e. The topological polar surface area (TPSA) is 26.3 Å². The smallest absolute Gasteiger partial charge is 0.247 e. The van der Waals surface area contributed by atoms with Crippen molar-refractivity contribution in [3.63, 3.8) is 0 Å². The van der Waals surface area contributed by atoms with Crippen molar-refractivity contribution in [2.75, 3.05) is 13.2 Å². The summed E-state index contributed by atoms with van der Waals surface area (Å²) in [6, 6.07) is 0. The monoisotopic (exact) mass is 290 g/mol. The molecule has 0 amide bonds. The zero-order valence-corrected chi connectivity index (χ0v) is 13.3. The zero-order valence-electron chi connectivity index (χ0n) is 12.6. The molecular weight excluding hydrogens is 260 g/mol. The summed E-state index contributed by atoms with van der Waals surface area (Å²) in [5, 5.41) is -0.404. The van der Waals surface area contributed by atoms with E-state index in [1.165, 1.54) is 70.6 Å². The van der Waals surface area contributed by atoms with Gasteiger partial charge in [-0.15, -0.1) is 0 Å². The molecule has 0 spiro atoms. The van der Waals surface area contributed by atoms with E-state index in [1.54, 1.807) is 0 Å². The second-order valence-corrected chi connectivity index (χ2v) is 5.72. The first-order valence-corrected chi connectivity index (χ1v) is 8.41. The van der Waals surface area contributed by atoms with Gasteiger partial charge < -0.3 is 4.74 Å². The molecule has 114 valence electrons. The molecule has 3 heteroatoms. The summed E-state index contributed by atoms with van der Waals surface area (Å²) < 4.78 is 5.11.